The molecule has 0 saturated carbocycles. The lowest BCUT2D eigenvalue weighted by molar-refractivity contribution is 0.233. The van der Waals surface area contributed by atoms with Crippen LogP contribution in [0.4, 0.5) is 4.39 Å². The van der Waals surface area contributed by atoms with E-state index in [1.54, 1.807) is 12.1 Å². The molecule has 0 aromatic heterocycles. The van der Waals surface area contributed by atoms with E-state index in [9.17, 15) is 4.39 Å². The smallest absolute Gasteiger partial charge is 0.126 e. The average Bonchev–Trinajstić information content (AvgIpc) is 2.40. The fourth-order valence-electron chi connectivity index (χ4n) is 2.71. The molecule has 1 aliphatic rings. The molecule has 1 N–H and O–H groups in total. The Kier molecular flexibility index (Phi) is 5.80. The summed E-state index contributed by atoms with van der Waals surface area (Å²) in [5.41, 5.74) is 0.842. The summed E-state index contributed by atoms with van der Waals surface area (Å²) in [5, 5.41) is 3.59. The predicted octanol–water partition coefficient (Wildman–Crippen LogP) is 2.83. The molecule has 2 rings (SSSR count). The third-order valence-corrected chi connectivity index (χ3v) is 4.03. The van der Waals surface area contributed by atoms with Crippen molar-refractivity contribution in [1.29, 1.82) is 0 Å². The van der Waals surface area contributed by atoms with E-state index in [1.807, 2.05) is 12.1 Å². The van der Waals surface area contributed by atoms with Crippen molar-refractivity contribution < 1.29 is 4.39 Å². The Labute approximate surface area is 116 Å². The van der Waals surface area contributed by atoms with Crippen molar-refractivity contribution >= 4 is 0 Å². The predicted molar refractivity (Wildman–Crippen MR) is 77.9 cm³/mol. The van der Waals surface area contributed by atoms with Crippen LogP contribution in [-0.4, -0.2) is 37.1 Å². The van der Waals surface area contributed by atoms with E-state index < -0.39 is 0 Å². The van der Waals surface area contributed by atoms with Gasteiger partial charge in [-0.1, -0.05) is 25.1 Å². The van der Waals surface area contributed by atoms with E-state index in [4.69, 9.17) is 0 Å². The highest BCUT2D eigenvalue weighted by Gasteiger charge is 2.13. The second-order valence-corrected chi connectivity index (χ2v) is 5.38. The minimum atomic E-state index is -0.0670. The Bertz CT molecular complexity index is 381. The quantitative estimate of drug-likeness (QED) is 0.899. The average molecular weight is 264 g/mol. The van der Waals surface area contributed by atoms with Crippen LogP contribution in [0.5, 0.6) is 0 Å². The number of hydrogen-bond acceptors (Lipinski definition) is 2. The Balaban J connectivity index is 1.83. The second-order valence-electron chi connectivity index (χ2n) is 5.38. The van der Waals surface area contributed by atoms with Crippen LogP contribution in [0.25, 0.3) is 0 Å². The first-order valence-electron chi connectivity index (χ1n) is 7.48. The van der Waals surface area contributed by atoms with Gasteiger partial charge in [-0.25, -0.2) is 4.39 Å². The molecule has 19 heavy (non-hydrogen) atoms. The number of halogens is 1. The molecule has 1 aromatic carbocycles. The first-order chi connectivity index (χ1) is 9.29. The van der Waals surface area contributed by atoms with E-state index in [0.29, 0.717) is 6.04 Å². The molecule has 3 heteroatoms. The zero-order valence-corrected chi connectivity index (χ0v) is 11.9. The SMILES string of the molecule is CCC1CCN(CCc2ccccc2F)CCCN1. The monoisotopic (exact) mass is 264 g/mol. The summed E-state index contributed by atoms with van der Waals surface area (Å²) in [6, 6.07) is 7.78. The third-order valence-electron chi connectivity index (χ3n) is 4.03. The number of nitrogens with zero attached hydrogens (tertiary/aromatic N) is 1. The van der Waals surface area contributed by atoms with Crippen molar-refractivity contribution in [1.82, 2.24) is 10.2 Å². The van der Waals surface area contributed by atoms with Gasteiger partial charge >= 0.3 is 0 Å². The highest BCUT2D eigenvalue weighted by molar-refractivity contribution is 5.17. The van der Waals surface area contributed by atoms with Crippen LogP contribution < -0.4 is 5.32 Å². The normalized spacial score (nSPS) is 21.9. The molecule has 1 aromatic rings. The van der Waals surface area contributed by atoms with Crippen LogP contribution >= 0.6 is 0 Å². The first kappa shape index (κ1) is 14.5. The highest BCUT2D eigenvalue weighted by Crippen LogP contribution is 2.10. The summed E-state index contributed by atoms with van der Waals surface area (Å²) in [5.74, 6) is -0.0670. The van der Waals surface area contributed by atoms with E-state index in [2.05, 4.69) is 17.1 Å². The van der Waals surface area contributed by atoms with E-state index in [1.165, 1.54) is 19.3 Å². The minimum absolute atomic E-state index is 0.0670. The van der Waals surface area contributed by atoms with Gasteiger partial charge in [0.1, 0.15) is 5.82 Å². The molecular formula is C16H25FN2. The minimum Gasteiger partial charge on any atom is -0.314 e. The molecule has 106 valence electrons. The fourth-order valence-corrected chi connectivity index (χ4v) is 2.71. The third kappa shape index (κ3) is 4.59. The van der Waals surface area contributed by atoms with Gasteiger partial charge in [-0.2, -0.15) is 0 Å². The lowest BCUT2D eigenvalue weighted by Gasteiger charge is -2.28. The van der Waals surface area contributed by atoms with E-state index in [-0.39, 0.29) is 5.82 Å². The Morgan fingerprint density at radius 1 is 1.32 bits per heavy atom. The fraction of sp³-hybridized carbons (Fsp3) is 0.625. The largest absolute Gasteiger partial charge is 0.314 e. The summed E-state index contributed by atoms with van der Waals surface area (Å²) < 4.78 is 13.6. The molecule has 1 fully saturated rings. The van der Waals surface area contributed by atoms with Gasteiger partial charge in [0.2, 0.25) is 0 Å². The zero-order chi connectivity index (χ0) is 13.5. The first-order valence-corrected chi connectivity index (χ1v) is 7.48. The maximum atomic E-state index is 13.6. The molecule has 1 unspecified atom stereocenters. The molecule has 2 nitrogen and oxygen atoms in total. The molecule has 1 aliphatic heterocycles. The molecule has 1 saturated heterocycles. The van der Waals surface area contributed by atoms with Crippen LogP contribution in [0.3, 0.4) is 0 Å². The summed E-state index contributed by atoms with van der Waals surface area (Å²) in [6.45, 7) is 6.56. The van der Waals surface area contributed by atoms with Gasteiger partial charge in [0.25, 0.3) is 0 Å². The van der Waals surface area contributed by atoms with Gasteiger partial charge in [0.15, 0.2) is 0 Å². The lowest BCUT2D eigenvalue weighted by atomic mass is 10.1. The summed E-state index contributed by atoms with van der Waals surface area (Å²) in [6.07, 6.45) is 4.40. The van der Waals surface area contributed by atoms with Gasteiger partial charge in [-0.15, -0.1) is 0 Å². The molecule has 0 radical (unpaired) electrons. The standard InChI is InChI=1S/C16H25FN2/c1-2-15-9-13-19(11-5-10-18-15)12-8-14-6-3-4-7-16(14)17/h3-4,6-7,15,18H,2,5,8-13H2,1H3. The van der Waals surface area contributed by atoms with E-state index >= 15 is 0 Å². The topological polar surface area (TPSA) is 15.3 Å². The van der Waals surface area contributed by atoms with Crippen LogP contribution in [0.2, 0.25) is 0 Å². The van der Waals surface area contributed by atoms with Crippen molar-refractivity contribution in [2.45, 2.75) is 38.6 Å². The maximum Gasteiger partial charge on any atom is 0.126 e. The van der Waals surface area contributed by atoms with E-state index in [0.717, 1.165) is 38.2 Å². The zero-order valence-electron chi connectivity index (χ0n) is 11.9. The Morgan fingerprint density at radius 2 is 2.16 bits per heavy atom. The summed E-state index contributed by atoms with van der Waals surface area (Å²) in [7, 11) is 0. The lowest BCUT2D eigenvalue weighted by Crippen LogP contribution is -2.40. The van der Waals surface area contributed by atoms with Crippen molar-refractivity contribution in [3.8, 4) is 0 Å². The molecule has 1 heterocycles. The number of benzene rings is 1. The Morgan fingerprint density at radius 3 is 2.95 bits per heavy atom. The summed E-state index contributed by atoms with van der Waals surface area (Å²) in [4.78, 5) is 2.48. The second kappa shape index (κ2) is 7.61. The van der Waals surface area contributed by atoms with Crippen LogP contribution in [0.15, 0.2) is 24.3 Å². The van der Waals surface area contributed by atoms with Crippen molar-refractivity contribution in [2.75, 3.05) is 26.2 Å². The molecule has 1 atom stereocenters. The van der Waals surface area contributed by atoms with Crippen molar-refractivity contribution in [3.63, 3.8) is 0 Å². The highest BCUT2D eigenvalue weighted by atomic mass is 19.1. The molecule has 0 amide bonds. The van der Waals surface area contributed by atoms with Crippen LogP contribution in [-0.2, 0) is 6.42 Å². The number of hydrogen-bond donors (Lipinski definition) is 1. The van der Waals surface area contributed by atoms with Gasteiger partial charge in [0, 0.05) is 12.6 Å². The van der Waals surface area contributed by atoms with Crippen molar-refractivity contribution in [3.05, 3.63) is 35.6 Å². The number of rotatable bonds is 4. The maximum absolute atomic E-state index is 13.6. The molecule has 0 aliphatic carbocycles. The molecule has 0 bridgehead atoms. The van der Waals surface area contributed by atoms with Crippen LogP contribution in [0, 0.1) is 5.82 Å². The van der Waals surface area contributed by atoms with Gasteiger partial charge in [-0.3, -0.25) is 0 Å². The molecule has 0 spiro atoms. The Hall–Kier alpha value is -0.930. The summed E-state index contributed by atoms with van der Waals surface area (Å²) >= 11 is 0. The van der Waals surface area contributed by atoms with Gasteiger partial charge < -0.3 is 10.2 Å². The number of nitrogens with one attached hydrogen (secondary N) is 1. The van der Waals surface area contributed by atoms with Crippen molar-refractivity contribution in [2.24, 2.45) is 0 Å². The van der Waals surface area contributed by atoms with Gasteiger partial charge in [0.05, 0.1) is 0 Å². The van der Waals surface area contributed by atoms with Gasteiger partial charge in [-0.05, 0) is 56.9 Å². The molecular weight excluding hydrogens is 239 g/mol. The van der Waals surface area contributed by atoms with Crippen LogP contribution in [0.1, 0.15) is 31.7 Å².